The highest BCUT2D eigenvalue weighted by atomic mass is 79.9. The quantitative estimate of drug-likeness (QED) is 0.0121. The molecule has 0 aliphatic carbocycles. The van der Waals surface area contributed by atoms with Gasteiger partial charge in [-0.3, -0.25) is 43.6 Å². The van der Waals surface area contributed by atoms with E-state index in [-0.39, 0.29) is 89.9 Å². The number of ether oxygens (including phenoxy) is 5. The van der Waals surface area contributed by atoms with Crippen LogP contribution in [0.4, 0.5) is 45.5 Å². The van der Waals surface area contributed by atoms with E-state index in [4.69, 9.17) is 123 Å². The average molecular weight is 2460 g/mol. The molecule has 10 aromatic rings. The molecule has 9 heterocycles. The third kappa shape index (κ3) is 39.3. The Morgan fingerprint density at radius 3 is 1.04 bits per heavy atom. The summed E-state index contributed by atoms with van der Waals surface area (Å²) < 4.78 is 200. The molecule has 0 spiro atoms. The van der Waals surface area contributed by atoms with Gasteiger partial charge in [0.2, 0.25) is 41.1 Å². The van der Waals surface area contributed by atoms with Gasteiger partial charge in [-0.25, -0.2) is 0 Å². The molecule has 7 N–H and O–H groups in total. The number of amides is 6. The number of phenols is 1. The summed E-state index contributed by atoms with van der Waals surface area (Å²) in [7, 11) is 2.99. The molecule has 6 amide bonds. The number of phenolic OH excluding ortho intramolecular Hbond substituents is 1. The molecule has 1 aromatic heterocycles. The van der Waals surface area contributed by atoms with E-state index in [2.05, 4.69) is 152 Å². The SMILES string of the molecule is BrB(Br)Br.BrCCCCBr.Cl.Clc1cccc(-[n+]2ccncc2)c1Cl.[2H]C1([2H])C(=O)Nc2cc(O)ccc2C1([2H])[2H].[2H]C1([2H])C(=O)Nc2cc(OC)ccc2C1([2H])[2H].[2H]C1([2H])C(=O)Nc2cc(OCCCCBr)ccc2C1([2H])[2H].[2H]C1([2H])C(=O)Nc2cc(OCCCCN3CCN(c4cccc(Cl)c4Cl)CC3)ccc2C1([2H])[2H].[2H]C1([2H])C(=O)Nc2cc(OCCCCN3CCN(c4cccc(Cl)c4Cl)CC3)ccc2C1([2H])[2H].[2H]C1([2H])CC(=O)Nc2cc(OC)ccc21. The summed E-state index contributed by atoms with van der Waals surface area (Å²) in [5.41, 5.74) is 5.40. The molecule has 140 heavy (non-hydrogen) atoms. The lowest BCUT2D eigenvalue weighted by atomic mass is 10.0. The Hall–Kier alpha value is -7.83. The van der Waals surface area contributed by atoms with Crippen molar-refractivity contribution in [2.24, 2.45) is 0 Å². The highest BCUT2D eigenvalue weighted by molar-refractivity contribution is 9.69. The molecule has 2 saturated heterocycles. The smallest absolute Gasteiger partial charge is 0.369 e. The monoisotopic (exact) mass is 2450 g/mol. The summed E-state index contributed by atoms with van der Waals surface area (Å²) in [6, 6.07) is 43.9. The third-order valence-electron chi connectivity index (χ3n) is 20.7. The first-order valence-corrected chi connectivity index (χ1v) is 52.0. The molecule has 18 rings (SSSR count). The van der Waals surface area contributed by atoms with E-state index >= 15 is 0 Å². The lowest BCUT2D eigenvalue weighted by Gasteiger charge is -2.36. The fourth-order valence-electron chi connectivity index (χ4n) is 13.7. The Morgan fingerprint density at radius 2 is 0.679 bits per heavy atom. The topological polar surface area (TPSA) is 271 Å². The minimum absolute atomic E-state index is 0. The molecule has 9 aromatic carbocycles. The lowest BCUT2D eigenvalue weighted by molar-refractivity contribution is -0.596. The summed E-state index contributed by atoms with van der Waals surface area (Å²) in [5.74, 6) is -2.75. The maximum absolute atomic E-state index is 12.0. The number of piperazine rings is 2. The molecule has 8 aliphatic rings. The second kappa shape index (κ2) is 62.8. The molecule has 0 atom stereocenters. The Labute approximate surface area is 938 Å². The highest BCUT2D eigenvalue weighted by Crippen LogP contribution is 2.38. The fraction of sp³-hybridized carbons (Fsp3) is 0.373. The van der Waals surface area contributed by atoms with Gasteiger partial charge in [0.15, 0.2) is 12.4 Å². The number of hydrogen-bond acceptors (Lipinski definition) is 17. The molecule has 750 valence electrons. The number of alkyl halides is 3. The van der Waals surface area contributed by atoms with Gasteiger partial charge in [0.25, 0.3) is 0 Å². The van der Waals surface area contributed by atoms with Crippen molar-refractivity contribution in [3.05, 3.63) is 252 Å². The van der Waals surface area contributed by atoms with E-state index in [0.29, 0.717) is 90.0 Å². The van der Waals surface area contributed by atoms with E-state index in [1.807, 2.05) is 53.4 Å². The van der Waals surface area contributed by atoms with Crippen molar-refractivity contribution in [3.63, 3.8) is 0 Å². The van der Waals surface area contributed by atoms with E-state index < -0.39 is 99.6 Å². The second-order valence-corrected chi connectivity index (χ2v) is 41.5. The number of aromatic nitrogens is 2. The zero-order chi connectivity index (χ0) is 119. The van der Waals surface area contributed by atoms with Crippen molar-refractivity contribution in [2.75, 3.05) is 157 Å². The van der Waals surface area contributed by atoms with Crippen LogP contribution in [0.1, 0.15) is 153 Å². The number of carbonyl (C=O) groups excluding carboxylic acids is 6. The van der Waals surface area contributed by atoms with Crippen molar-refractivity contribution >= 4 is 261 Å². The van der Waals surface area contributed by atoms with Gasteiger partial charge in [-0.05, 0) is 203 Å². The van der Waals surface area contributed by atoms with Crippen molar-refractivity contribution < 1.29 is 92.3 Å². The number of nitrogens with zero attached hydrogens (tertiary/aromatic N) is 6. The number of benzene rings is 9. The lowest BCUT2D eigenvalue weighted by Crippen LogP contribution is -2.46. The van der Waals surface area contributed by atoms with Gasteiger partial charge in [-0.1, -0.05) is 172 Å². The Morgan fingerprint density at radius 1 is 0.379 bits per heavy atom. The Kier molecular flexibility index (Phi) is 38.8. The van der Waals surface area contributed by atoms with Crippen LogP contribution >= 0.6 is 177 Å². The van der Waals surface area contributed by atoms with Crippen LogP contribution in [0.15, 0.2) is 189 Å². The maximum Gasteiger partial charge on any atom is 0.369 e. The first kappa shape index (κ1) is 86.5. The number of aryl methyl sites for hydroxylation is 6. The van der Waals surface area contributed by atoms with Gasteiger partial charge in [0, 0.05) is 213 Å². The zero-order valence-electron chi connectivity index (χ0n) is 97.7. The van der Waals surface area contributed by atoms with Crippen LogP contribution in [0.2, 0.25) is 30.1 Å². The van der Waals surface area contributed by atoms with Crippen molar-refractivity contribution in [1.29, 1.82) is 0 Å². The Balaban J connectivity index is 0.000000210. The molecule has 0 saturated carbocycles. The highest BCUT2D eigenvalue weighted by Gasteiger charge is 2.26. The number of fused-ring (bicyclic) bond motifs is 6. The van der Waals surface area contributed by atoms with Gasteiger partial charge in [-0.2, -0.15) is 4.57 Å². The number of aromatic hydroxyl groups is 1. The number of nitrogens with one attached hydrogen (secondary N) is 6. The fourth-order valence-corrected chi connectivity index (χ4v) is 16.1. The number of carbonyl (C=O) groups is 6. The largest absolute Gasteiger partial charge is 0.508 e. The maximum atomic E-state index is 12.0. The summed E-state index contributed by atoms with van der Waals surface area (Å²) in [4.78, 5) is 83.2. The van der Waals surface area contributed by atoms with Gasteiger partial charge in [-0.15, -0.1) is 59.7 Å². The number of unbranched alkanes of at least 4 members (excludes halogenated alkanes) is 4. The van der Waals surface area contributed by atoms with Crippen LogP contribution in [-0.4, -0.2) is 174 Å². The molecule has 38 heteroatoms. The summed E-state index contributed by atoms with van der Waals surface area (Å²) in [5, 5.41) is 30.4. The molecule has 24 nitrogen and oxygen atoms in total. The predicted molar refractivity (Wildman–Crippen MR) is 596 cm³/mol. The van der Waals surface area contributed by atoms with E-state index in [1.165, 1.54) is 87.7 Å². The zero-order valence-corrected chi connectivity index (χ0v) is 90.6. The van der Waals surface area contributed by atoms with Gasteiger partial charge >= 0.3 is 3.18 Å². The predicted octanol–water partition coefficient (Wildman–Crippen LogP) is 25.1. The van der Waals surface area contributed by atoms with Crippen LogP contribution in [0.3, 0.4) is 0 Å². The number of hydrogen-bond donors (Lipinski definition) is 7. The second-order valence-electron chi connectivity index (χ2n) is 30.3. The number of rotatable bonds is 25. The molecule has 0 unspecified atom stereocenters. The van der Waals surface area contributed by atoms with E-state index in [9.17, 15) is 33.9 Å². The van der Waals surface area contributed by atoms with Crippen molar-refractivity contribution in [2.45, 2.75) is 128 Å². The summed E-state index contributed by atoms with van der Waals surface area (Å²) >= 11 is 56.2. The molecule has 8 aliphatic heterocycles. The Bertz CT molecular complexity index is 6640. The normalized spacial score (nSPS) is 20.8. The van der Waals surface area contributed by atoms with Crippen LogP contribution < -0.4 is 70.0 Å². The van der Waals surface area contributed by atoms with Crippen LogP contribution in [0.25, 0.3) is 5.69 Å². The van der Waals surface area contributed by atoms with Gasteiger partial charge in [0.1, 0.15) is 39.5 Å². The first-order chi connectivity index (χ1) is 75.5. The van der Waals surface area contributed by atoms with E-state index in [0.717, 1.165) is 137 Å². The van der Waals surface area contributed by atoms with Gasteiger partial charge < -0.3 is 70.5 Å². The van der Waals surface area contributed by atoms with Crippen molar-refractivity contribution in [3.8, 4) is 40.2 Å². The summed E-state index contributed by atoms with van der Waals surface area (Å²) in [6.45, 7) is 10.8. The standard InChI is InChI=1S/2C23H27Cl2N3O2.C13H16BrNO2.C10H7Cl2N2.2C10H11NO2.C9H9NO2.C4H8Br2.BBr3.ClH/c2*24-19-4-3-5-21(23(19)25)28-13-11-27(12-14-28)10-1-2-15-30-18-8-6-17-7-9-22(29)26-20(17)16-18;14-7-1-2-8-17-11-5-3-10-4-6-13(16)15-12(10)9-11;11-8-2-1-3-9(10(8)12)14-6-4-13-5-7-14;2*1-13-8-4-2-7-3-5-10(12)11-9(7)6-8;11-7-3-1-6-2-4-9(12)10-8(6)5-7;5-3-1-2-4-6;2-1(3)4;/h2*3-6,8,16H,1-2,7,9-15H2,(H,26,29);3,5,9H,1-2,4,6-8H2,(H,15,16);1-7H;2*2,4,6H,3,5H2,1H3,(H,11,12);1,3,5,11H,2,4H2,(H,10,12);1-4H2;;1H/q;;;+1;;;;;;/i2*7D2,9D2;4D2,6D2;;3D2,5D2;3D2;2D2,4D2;;;. The van der Waals surface area contributed by atoms with Crippen LogP contribution in [0.5, 0.6) is 34.5 Å². The van der Waals surface area contributed by atoms with Gasteiger partial charge in [0.05, 0.1) is 82.9 Å². The minimum atomic E-state index is -2.63. The third-order valence-corrected chi connectivity index (χ3v) is 24.8. The van der Waals surface area contributed by atoms with Crippen LogP contribution in [0, 0.1) is 0 Å². The molecule has 0 bridgehead atoms. The first-order valence-electron chi connectivity index (χ1n) is 54.6. The van der Waals surface area contributed by atoms with Crippen LogP contribution in [-0.2, 0) is 67.0 Å². The molecule has 0 radical (unpaired) electrons. The molecule has 2 fully saturated rings. The number of halogens is 13. The summed E-state index contributed by atoms with van der Waals surface area (Å²) in [6.07, 6.45) is -11.7. The number of anilines is 8. The molecular weight excluding hydrogens is 2320 g/mol. The average Bonchev–Trinajstić information content (AvgIpc) is 0.750. The van der Waals surface area contributed by atoms with Crippen molar-refractivity contribution in [1.82, 2.24) is 14.8 Å². The molecular formula is C102H117BBr6Cl7N12O12+. The minimum Gasteiger partial charge on any atom is -0.508 e. The number of methoxy groups -OCH3 is 2. The van der Waals surface area contributed by atoms with E-state index in [1.54, 1.807) is 79.1 Å².